The maximum atomic E-state index is 12.5. The quantitative estimate of drug-likeness (QED) is 0.890. The predicted octanol–water partition coefficient (Wildman–Crippen LogP) is 2.33. The van der Waals surface area contributed by atoms with E-state index in [1.54, 1.807) is 12.1 Å². The lowest BCUT2D eigenvalue weighted by Gasteiger charge is -2.36. The van der Waals surface area contributed by atoms with Crippen LogP contribution in [0.4, 0.5) is 0 Å². The minimum Gasteiger partial charge on any atom is -0.507 e. The van der Waals surface area contributed by atoms with E-state index >= 15 is 0 Å². The number of carbonyl (C=O) groups is 1. The highest BCUT2D eigenvalue weighted by atomic mass is 32.2. The van der Waals surface area contributed by atoms with E-state index in [1.807, 2.05) is 26.0 Å². The molecule has 0 spiro atoms. The molecule has 2 atom stereocenters. The van der Waals surface area contributed by atoms with E-state index in [-0.39, 0.29) is 29.3 Å². The summed E-state index contributed by atoms with van der Waals surface area (Å²) in [6.45, 7) is 4.76. The second kappa shape index (κ2) is 6.53. The molecule has 1 amide bonds. The number of rotatable bonds is 3. The number of phenolic OH excluding ortho intramolecular Hbond substituents is 1. The fourth-order valence-corrected chi connectivity index (χ4v) is 4.03. The van der Waals surface area contributed by atoms with Gasteiger partial charge in [-0.05, 0) is 38.8 Å². The van der Waals surface area contributed by atoms with E-state index in [2.05, 4.69) is 10.3 Å². The van der Waals surface area contributed by atoms with E-state index in [1.165, 1.54) is 11.8 Å². The van der Waals surface area contributed by atoms with E-state index < -0.39 is 0 Å². The molecular formula is C17H22N2O3S. The number of benzene rings is 1. The minimum absolute atomic E-state index is 0.0365. The van der Waals surface area contributed by atoms with Crippen LogP contribution < -0.4 is 5.32 Å². The van der Waals surface area contributed by atoms with Gasteiger partial charge in [0.1, 0.15) is 16.8 Å². The third kappa shape index (κ3) is 3.87. The van der Waals surface area contributed by atoms with Crippen molar-refractivity contribution in [3.8, 4) is 5.75 Å². The van der Waals surface area contributed by atoms with Crippen molar-refractivity contribution in [2.45, 2.75) is 44.4 Å². The van der Waals surface area contributed by atoms with Crippen molar-refractivity contribution in [3.05, 3.63) is 29.8 Å². The number of ether oxygens (including phenoxy) is 1. The van der Waals surface area contributed by atoms with Gasteiger partial charge in [0.25, 0.3) is 0 Å². The Morgan fingerprint density at radius 2 is 2.22 bits per heavy atom. The Hall–Kier alpha value is -1.53. The molecule has 0 radical (unpaired) electrons. The van der Waals surface area contributed by atoms with Gasteiger partial charge in [0, 0.05) is 24.0 Å². The molecule has 2 N–H and O–H groups in total. The molecule has 2 unspecified atom stereocenters. The molecule has 0 bridgehead atoms. The van der Waals surface area contributed by atoms with Crippen LogP contribution in [0.5, 0.6) is 5.75 Å². The molecule has 2 aliphatic heterocycles. The van der Waals surface area contributed by atoms with Gasteiger partial charge in [-0.2, -0.15) is 0 Å². The van der Waals surface area contributed by atoms with Crippen LogP contribution in [0.15, 0.2) is 29.3 Å². The van der Waals surface area contributed by atoms with Crippen LogP contribution in [0.2, 0.25) is 0 Å². The summed E-state index contributed by atoms with van der Waals surface area (Å²) in [5.41, 5.74) is 0.505. The summed E-state index contributed by atoms with van der Waals surface area (Å²) in [4.78, 5) is 16.9. The van der Waals surface area contributed by atoms with Gasteiger partial charge in [-0.3, -0.25) is 9.79 Å². The third-order valence-corrected chi connectivity index (χ3v) is 5.21. The van der Waals surface area contributed by atoms with Crippen LogP contribution in [-0.4, -0.2) is 46.1 Å². The van der Waals surface area contributed by atoms with Crippen molar-refractivity contribution in [1.82, 2.24) is 5.32 Å². The maximum absolute atomic E-state index is 12.5. The first-order valence-electron chi connectivity index (χ1n) is 7.88. The average Bonchev–Trinajstić information content (AvgIpc) is 2.96. The summed E-state index contributed by atoms with van der Waals surface area (Å²) in [7, 11) is 0. The van der Waals surface area contributed by atoms with Crippen LogP contribution in [-0.2, 0) is 9.53 Å². The lowest BCUT2D eigenvalue weighted by atomic mass is 9.94. The fourth-order valence-electron chi connectivity index (χ4n) is 2.96. The zero-order valence-corrected chi connectivity index (χ0v) is 14.2. The summed E-state index contributed by atoms with van der Waals surface area (Å²) in [5, 5.41) is 13.7. The van der Waals surface area contributed by atoms with Crippen molar-refractivity contribution in [2.24, 2.45) is 4.99 Å². The highest BCUT2D eigenvalue weighted by molar-refractivity contribution is 8.14. The monoisotopic (exact) mass is 334 g/mol. The first-order valence-corrected chi connectivity index (χ1v) is 8.86. The molecule has 23 heavy (non-hydrogen) atoms. The highest BCUT2D eigenvalue weighted by Crippen LogP contribution is 2.29. The van der Waals surface area contributed by atoms with Crippen LogP contribution in [0, 0.1) is 0 Å². The molecule has 0 saturated carbocycles. The van der Waals surface area contributed by atoms with Crippen molar-refractivity contribution < 1.29 is 14.6 Å². The molecule has 0 aliphatic carbocycles. The van der Waals surface area contributed by atoms with Crippen molar-refractivity contribution >= 4 is 22.7 Å². The molecule has 0 aromatic heterocycles. The molecule has 124 valence electrons. The highest BCUT2D eigenvalue weighted by Gasteiger charge is 2.32. The molecule has 5 nitrogen and oxygen atoms in total. The Morgan fingerprint density at radius 3 is 2.96 bits per heavy atom. The van der Waals surface area contributed by atoms with Gasteiger partial charge in [-0.15, -0.1) is 11.8 Å². The number of carbonyl (C=O) groups excluding carboxylic acids is 1. The summed E-state index contributed by atoms with van der Waals surface area (Å²) in [6, 6.07) is 6.84. The lowest BCUT2D eigenvalue weighted by molar-refractivity contribution is -0.124. The first kappa shape index (κ1) is 16.3. The second-order valence-electron chi connectivity index (χ2n) is 6.58. The number of nitrogens with zero attached hydrogens (tertiary/aromatic N) is 1. The largest absolute Gasteiger partial charge is 0.507 e. The standard InChI is InChI=1S/C17H22N2O3S/c1-17(2)9-11(7-8-22-17)18-15(21)13-10-23-16(19-13)12-5-3-4-6-14(12)20/h3-6,11,13,20H,7-10H2,1-2H3,(H,18,21). The zero-order valence-electron chi connectivity index (χ0n) is 13.4. The van der Waals surface area contributed by atoms with Gasteiger partial charge in [0.15, 0.2) is 0 Å². The average molecular weight is 334 g/mol. The summed E-state index contributed by atoms with van der Waals surface area (Å²) < 4.78 is 5.68. The second-order valence-corrected chi connectivity index (χ2v) is 7.59. The number of aromatic hydroxyl groups is 1. The number of thioether (sulfide) groups is 1. The Kier molecular flexibility index (Phi) is 4.64. The lowest BCUT2D eigenvalue weighted by Crippen LogP contribution is -2.48. The molecule has 6 heteroatoms. The van der Waals surface area contributed by atoms with Crippen molar-refractivity contribution in [2.75, 3.05) is 12.4 Å². The summed E-state index contributed by atoms with van der Waals surface area (Å²) >= 11 is 1.51. The maximum Gasteiger partial charge on any atom is 0.245 e. The van der Waals surface area contributed by atoms with Crippen LogP contribution in [0.1, 0.15) is 32.3 Å². The molecule has 1 aromatic rings. The Balaban J connectivity index is 1.64. The molecule has 2 aliphatic rings. The SMILES string of the molecule is CC1(C)CC(NC(=O)C2CSC(c3ccccc3O)=N2)CCO1. The van der Waals surface area contributed by atoms with Gasteiger partial charge < -0.3 is 15.2 Å². The number of aliphatic imine (C=N–C) groups is 1. The normalized spacial score (nSPS) is 26.6. The number of nitrogens with one attached hydrogen (secondary N) is 1. The topological polar surface area (TPSA) is 70.9 Å². The first-order chi connectivity index (χ1) is 10.9. The molecule has 1 saturated heterocycles. The Bertz CT molecular complexity index is 630. The smallest absolute Gasteiger partial charge is 0.245 e. The Morgan fingerprint density at radius 1 is 1.43 bits per heavy atom. The third-order valence-electron chi connectivity index (χ3n) is 4.13. The zero-order chi connectivity index (χ0) is 16.4. The van der Waals surface area contributed by atoms with Gasteiger partial charge in [-0.1, -0.05) is 12.1 Å². The van der Waals surface area contributed by atoms with Crippen molar-refractivity contribution in [1.29, 1.82) is 0 Å². The van der Waals surface area contributed by atoms with Crippen LogP contribution in [0.3, 0.4) is 0 Å². The van der Waals surface area contributed by atoms with Gasteiger partial charge >= 0.3 is 0 Å². The van der Waals surface area contributed by atoms with E-state index in [0.717, 1.165) is 17.9 Å². The number of hydrogen-bond donors (Lipinski definition) is 2. The Labute approximate surface area is 140 Å². The van der Waals surface area contributed by atoms with Crippen LogP contribution in [0.25, 0.3) is 0 Å². The van der Waals surface area contributed by atoms with Gasteiger partial charge in [0.2, 0.25) is 5.91 Å². The number of hydrogen-bond acceptors (Lipinski definition) is 5. The molecule has 1 aromatic carbocycles. The van der Waals surface area contributed by atoms with E-state index in [4.69, 9.17) is 4.74 Å². The number of para-hydroxylation sites is 1. The van der Waals surface area contributed by atoms with E-state index in [0.29, 0.717) is 17.9 Å². The molecular weight excluding hydrogens is 312 g/mol. The summed E-state index contributed by atoms with van der Waals surface area (Å²) in [5.74, 6) is 0.777. The number of phenols is 1. The molecule has 1 fully saturated rings. The van der Waals surface area contributed by atoms with Crippen LogP contribution >= 0.6 is 11.8 Å². The van der Waals surface area contributed by atoms with E-state index in [9.17, 15) is 9.90 Å². The van der Waals surface area contributed by atoms with Crippen molar-refractivity contribution in [3.63, 3.8) is 0 Å². The van der Waals surface area contributed by atoms with Gasteiger partial charge in [-0.25, -0.2) is 0 Å². The fraction of sp³-hybridized carbons (Fsp3) is 0.529. The summed E-state index contributed by atoms with van der Waals surface area (Å²) in [6.07, 6.45) is 1.65. The molecule has 3 rings (SSSR count). The predicted molar refractivity (Wildman–Crippen MR) is 92.1 cm³/mol. The minimum atomic E-state index is -0.388. The number of amides is 1. The van der Waals surface area contributed by atoms with Gasteiger partial charge in [0.05, 0.1) is 5.60 Å². The molecule has 2 heterocycles.